The Hall–Kier alpha value is -1.48. The van der Waals surface area contributed by atoms with Gasteiger partial charge < -0.3 is 26.0 Å². The Bertz CT molecular complexity index is 666. The molecule has 1 aromatic rings. The number of amides is 2. The van der Waals surface area contributed by atoms with E-state index in [0.717, 1.165) is 0 Å². The van der Waals surface area contributed by atoms with E-state index in [1.54, 1.807) is 12.1 Å². The predicted molar refractivity (Wildman–Crippen MR) is 108 cm³/mol. The van der Waals surface area contributed by atoms with E-state index in [1.165, 1.54) is 17.0 Å². The minimum absolute atomic E-state index is 0.0451. The van der Waals surface area contributed by atoms with Gasteiger partial charge in [-0.25, -0.2) is 9.59 Å². The van der Waals surface area contributed by atoms with Crippen LogP contribution in [0.3, 0.4) is 0 Å². The maximum absolute atomic E-state index is 12.2. The van der Waals surface area contributed by atoms with Crippen LogP contribution in [-0.2, 0) is 0 Å². The summed E-state index contributed by atoms with van der Waals surface area (Å²) in [6.45, 7) is 4.62. The molecule has 0 fully saturated rings. The summed E-state index contributed by atoms with van der Waals surface area (Å²) in [5.74, 6) is -1.07. The number of aromatic carboxylic acids is 1. The molecule has 0 aliphatic carbocycles. The zero-order chi connectivity index (χ0) is 19.9. The van der Waals surface area contributed by atoms with Crippen LogP contribution in [0.4, 0.5) is 10.5 Å². The Balaban J connectivity index is 2.82. The van der Waals surface area contributed by atoms with Gasteiger partial charge in [-0.05, 0) is 44.3 Å². The van der Waals surface area contributed by atoms with Crippen LogP contribution in [-0.4, -0.2) is 50.2 Å². The molecule has 0 spiro atoms. The van der Waals surface area contributed by atoms with Gasteiger partial charge in [-0.3, -0.25) is 0 Å². The van der Waals surface area contributed by atoms with Crippen molar-refractivity contribution in [3.8, 4) is 0 Å². The summed E-state index contributed by atoms with van der Waals surface area (Å²) in [5, 5.41) is 17.1. The van der Waals surface area contributed by atoms with E-state index in [1.807, 2.05) is 13.8 Å². The molecule has 0 saturated carbocycles. The van der Waals surface area contributed by atoms with Crippen molar-refractivity contribution in [2.75, 3.05) is 18.4 Å². The molecule has 0 radical (unpaired) electrons. The maximum Gasteiger partial charge on any atom is 0.335 e. The van der Waals surface area contributed by atoms with Crippen molar-refractivity contribution in [2.45, 2.75) is 23.8 Å². The molecule has 11 heteroatoms. The Kier molecular flexibility index (Phi) is 8.69. The minimum atomic E-state index is -1.88. The Morgan fingerprint density at radius 1 is 1.23 bits per heavy atom. The van der Waals surface area contributed by atoms with Crippen LogP contribution in [0.2, 0.25) is 0 Å². The van der Waals surface area contributed by atoms with Crippen molar-refractivity contribution in [1.82, 2.24) is 15.5 Å². The van der Waals surface area contributed by atoms with E-state index in [2.05, 4.69) is 16.0 Å². The summed E-state index contributed by atoms with van der Waals surface area (Å²) in [7, 11) is 0. The highest BCUT2D eigenvalue weighted by Crippen LogP contribution is 2.29. The number of carbonyl (C=O) groups is 2. The first kappa shape index (κ1) is 22.6. The van der Waals surface area contributed by atoms with Gasteiger partial charge in [0, 0.05) is 18.8 Å². The second-order valence-corrected chi connectivity index (χ2v) is 7.86. The number of carbonyl (C=O) groups excluding carboxylic acids is 1. The van der Waals surface area contributed by atoms with Crippen molar-refractivity contribution in [2.24, 2.45) is 0 Å². The van der Waals surface area contributed by atoms with Crippen LogP contribution in [0.5, 0.6) is 0 Å². The number of carboxylic acids is 1. The third-order valence-electron chi connectivity index (χ3n) is 3.29. The number of alkyl halides is 3. The van der Waals surface area contributed by atoms with Gasteiger partial charge in [0.25, 0.3) is 0 Å². The van der Waals surface area contributed by atoms with Gasteiger partial charge in [-0.2, -0.15) is 0 Å². The number of anilines is 1. The summed E-state index contributed by atoms with van der Waals surface area (Å²) in [4.78, 5) is 24.7. The van der Waals surface area contributed by atoms with E-state index in [0.29, 0.717) is 18.8 Å². The molecule has 0 heterocycles. The van der Waals surface area contributed by atoms with Crippen LogP contribution in [0, 0.1) is 0 Å². The molecule has 0 aliphatic heterocycles. The quantitative estimate of drug-likeness (QED) is 0.307. The number of rotatable bonds is 6. The molecule has 0 aromatic heterocycles. The zero-order valence-electron chi connectivity index (χ0n) is 14.1. The molecule has 1 atom stereocenters. The normalized spacial score (nSPS) is 12.0. The van der Waals surface area contributed by atoms with E-state index < -0.39 is 22.0 Å². The lowest BCUT2D eigenvalue weighted by molar-refractivity contribution is 0.0697. The maximum atomic E-state index is 12.2. The van der Waals surface area contributed by atoms with Gasteiger partial charge in [0.1, 0.15) is 0 Å². The van der Waals surface area contributed by atoms with Gasteiger partial charge in [0.05, 0.1) is 5.56 Å². The molecular formula is C15H19Cl3N4O3S. The number of halogens is 3. The first-order valence-electron chi connectivity index (χ1n) is 7.61. The van der Waals surface area contributed by atoms with Crippen molar-refractivity contribution in [3.05, 3.63) is 29.8 Å². The van der Waals surface area contributed by atoms with E-state index in [4.69, 9.17) is 52.1 Å². The fraction of sp³-hybridized carbons (Fsp3) is 0.400. The van der Waals surface area contributed by atoms with Gasteiger partial charge in [-0.1, -0.05) is 40.9 Å². The standard InChI is InChI=1S/C15H19Cl3N4O3S/c1-3-22(4-2)14(25)21-12(15(16,17)18)20-13(26)19-10-7-5-6-9(8-10)11(23)24/h5-8,12H,3-4H2,1-2H3,(H,21,25)(H,23,24)(H2,19,20,26). The highest BCUT2D eigenvalue weighted by atomic mass is 35.6. The summed E-state index contributed by atoms with van der Waals surface area (Å²) >= 11 is 22.9. The SMILES string of the molecule is CCN(CC)C(=O)NC(NC(=S)Nc1cccc(C(=O)O)c1)C(Cl)(Cl)Cl. The van der Waals surface area contributed by atoms with Gasteiger partial charge in [-0.15, -0.1) is 0 Å². The smallest absolute Gasteiger partial charge is 0.335 e. The molecule has 4 N–H and O–H groups in total. The van der Waals surface area contributed by atoms with Crippen molar-refractivity contribution in [3.63, 3.8) is 0 Å². The number of urea groups is 1. The van der Waals surface area contributed by atoms with Crippen LogP contribution < -0.4 is 16.0 Å². The topological polar surface area (TPSA) is 93.7 Å². The van der Waals surface area contributed by atoms with E-state index in [9.17, 15) is 9.59 Å². The first-order chi connectivity index (χ1) is 12.1. The molecule has 0 aliphatic rings. The lowest BCUT2D eigenvalue weighted by Crippen LogP contribution is -2.58. The Morgan fingerprint density at radius 2 is 1.85 bits per heavy atom. The molecule has 26 heavy (non-hydrogen) atoms. The number of hydrogen-bond donors (Lipinski definition) is 4. The van der Waals surface area contributed by atoms with Crippen molar-refractivity contribution in [1.29, 1.82) is 0 Å². The summed E-state index contributed by atoms with van der Waals surface area (Å²) in [5.41, 5.74) is 0.520. The largest absolute Gasteiger partial charge is 0.478 e. The predicted octanol–water partition coefficient (Wildman–Crippen LogP) is 3.42. The second kappa shape index (κ2) is 10.0. The van der Waals surface area contributed by atoms with Crippen LogP contribution in [0.15, 0.2) is 24.3 Å². The van der Waals surface area contributed by atoms with Crippen LogP contribution >= 0.6 is 47.0 Å². The number of nitrogens with zero attached hydrogens (tertiary/aromatic N) is 1. The fourth-order valence-electron chi connectivity index (χ4n) is 1.95. The lowest BCUT2D eigenvalue weighted by Gasteiger charge is -2.30. The average Bonchev–Trinajstić information content (AvgIpc) is 2.54. The third kappa shape index (κ3) is 7.03. The van der Waals surface area contributed by atoms with Crippen LogP contribution in [0.25, 0.3) is 0 Å². The molecule has 1 unspecified atom stereocenters. The monoisotopic (exact) mass is 440 g/mol. The molecule has 1 rings (SSSR count). The highest BCUT2D eigenvalue weighted by molar-refractivity contribution is 7.80. The Morgan fingerprint density at radius 3 is 2.35 bits per heavy atom. The number of nitrogens with one attached hydrogen (secondary N) is 3. The third-order valence-corrected chi connectivity index (χ3v) is 4.16. The molecule has 0 saturated heterocycles. The molecular weight excluding hydrogens is 423 g/mol. The first-order valence-corrected chi connectivity index (χ1v) is 9.15. The zero-order valence-corrected chi connectivity index (χ0v) is 17.1. The van der Waals surface area contributed by atoms with Crippen molar-refractivity contribution < 1.29 is 14.7 Å². The second-order valence-electron chi connectivity index (χ2n) is 5.08. The Labute approximate surface area is 172 Å². The van der Waals surface area contributed by atoms with Gasteiger partial charge >= 0.3 is 12.0 Å². The number of benzene rings is 1. The highest BCUT2D eigenvalue weighted by Gasteiger charge is 2.35. The van der Waals surface area contributed by atoms with Crippen molar-refractivity contribution >= 4 is 69.8 Å². The average molecular weight is 442 g/mol. The lowest BCUT2D eigenvalue weighted by atomic mass is 10.2. The summed E-state index contributed by atoms with van der Waals surface area (Å²) in [6, 6.07) is 5.60. The van der Waals surface area contributed by atoms with Gasteiger partial charge in [0.15, 0.2) is 11.3 Å². The number of thiocarbonyl (C=S) groups is 1. The van der Waals surface area contributed by atoms with E-state index in [-0.39, 0.29) is 10.7 Å². The number of hydrogen-bond acceptors (Lipinski definition) is 3. The van der Waals surface area contributed by atoms with Gasteiger partial charge in [0.2, 0.25) is 3.79 Å². The minimum Gasteiger partial charge on any atom is -0.478 e. The molecule has 1 aromatic carbocycles. The fourth-order valence-corrected chi connectivity index (χ4v) is 2.52. The van der Waals surface area contributed by atoms with Crippen LogP contribution in [0.1, 0.15) is 24.2 Å². The summed E-state index contributed by atoms with van der Waals surface area (Å²) < 4.78 is -1.88. The summed E-state index contributed by atoms with van der Waals surface area (Å²) in [6.07, 6.45) is -1.11. The molecule has 7 nitrogen and oxygen atoms in total. The molecule has 0 bridgehead atoms. The molecule has 144 valence electrons. The number of carboxylic acid groups (broad SMARTS) is 1. The van der Waals surface area contributed by atoms with E-state index >= 15 is 0 Å². The molecule has 2 amide bonds.